The van der Waals surface area contributed by atoms with Crippen LogP contribution in [-0.2, 0) is 0 Å². The Balaban J connectivity index is 2.49. The summed E-state index contributed by atoms with van der Waals surface area (Å²) in [6.45, 7) is 6.56. The van der Waals surface area contributed by atoms with Gasteiger partial charge in [-0.2, -0.15) is 0 Å². The van der Waals surface area contributed by atoms with Crippen molar-refractivity contribution in [2.45, 2.75) is 26.8 Å². The molecule has 0 spiro atoms. The lowest BCUT2D eigenvalue weighted by Gasteiger charge is -2.19. The van der Waals surface area contributed by atoms with Gasteiger partial charge in [0.15, 0.2) is 0 Å². The molecule has 0 aliphatic heterocycles. The number of hydrogen-bond donors (Lipinski definition) is 1. The van der Waals surface area contributed by atoms with E-state index >= 15 is 0 Å². The van der Waals surface area contributed by atoms with E-state index in [-0.39, 0.29) is 11.9 Å². The van der Waals surface area contributed by atoms with E-state index in [1.54, 1.807) is 6.07 Å². The van der Waals surface area contributed by atoms with Crippen molar-refractivity contribution in [1.82, 2.24) is 14.9 Å². The zero-order valence-electron chi connectivity index (χ0n) is 10.7. The van der Waals surface area contributed by atoms with E-state index in [9.17, 15) is 4.39 Å². The molecule has 0 saturated carbocycles. The van der Waals surface area contributed by atoms with Gasteiger partial charge in [-0.05, 0) is 49.1 Å². The molecule has 1 atom stereocenters. The van der Waals surface area contributed by atoms with Crippen LogP contribution >= 0.6 is 11.5 Å². The highest BCUT2D eigenvalue weighted by molar-refractivity contribution is 7.03. The lowest BCUT2D eigenvalue weighted by Crippen LogP contribution is -2.24. The molecule has 96 valence electrons. The van der Waals surface area contributed by atoms with E-state index in [4.69, 9.17) is 0 Å². The summed E-state index contributed by atoms with van der Waals surface area (Å²) in [7, 11) is 0. The van der Waals surface area contributed by atoms with Crippen molar-refractivity contribution in [2.75, 3.05) is 6.54 Å². The van der Waals surface area contributed by atoms with Crippen LogP contribution in [0, 0.1) is 19.7 Å². The Bertz CT molecular complexity index is 502. The molecule has 1 aromatic carbocycles. The minimum atomic E-state index is -0.227. The SMILES string of the molecule is CCNC(c1csnn1)c1c(C)cc(C)cc1F. The molecule has 1 aromatic heterocycles. The third-order valence-electron chi connectivity index (χ3n) is 2.85. The smallest absolute Gasteiger partial charge is 0.128 e. The van der Waals surface area contributed by atoms with Crippen LogP contribution in [0.15, 0.2) is 17.5 Å². The summed E-state index contributed by atoms with van der Waals surface area (Å²) in [6.07, 6.45) is 0. The molecule has 2 aromatic rings. The second kappa shape index (κ2) is 5.54. The van der Waals surface area contributed by atoms with E-state index in [1.165, 1.54) is 11.5 Å². The van der Waals surface area contributed by atoms with E-state index in [1.807, 2.05) is 32.2 Å². The molecular weight excluding hydrogens is 249 g/mol. The number of nitrogens with one attached hydrogen (secondary N) is 1. The zero-order valence-corrected chi connectivity index (χ0v) is 11.5. The third-order valence-corrected chi connectivity index (χ3v) is 3.37. The zero-order chi connectivity index (χ0) is 13.1. The molecule has 0 amide bonds. The molecular formula is C13H16FN3S. The number of aryl methyl sites for hydroxylation is 2. The fourth-order valence-electron chi connectivity index (χ4n) is 2.15. The van der Waals surface area contributed by atoms with Gasteiger partial charge in [-0.25, -0.2) is 4.39 Å². The van der Waals surface area contributed by atoms with Crippen molar-refractivity contribution < 1.29 is 4.39 Å². The molecule has 0 radical (unpaired) electrons. The number of halogens is 1. The van der Waals surface area contributed by atoms with Gasteiger partial charge in [-0.1, -0.05) is 17.5 Å². The van der Waals surface area contributed by atoms with Gasteiger partial charge in [-0.3, -0.25) is 0 Å². The number of hydrogen-bond acceptors (Lipinski definition) is 4. The first kappa shape index (κ1) is 13.1. The molecule has 1 unspecified atom stereocenters. The lowest BCUT2D eigenvalue weighted by molar-refractivity contribution is 0.547. The summed E-state index contributed by atoms with van der Waals surface area (Å²) in [4.78, 5) is 0. The van der Waals surface area contributed by atoms with Crippen molar-refractivity contribution in [3.05, 3.63) is 45.7 Å². The van der Waals surface area contributed by atoms with Gasteiger partial charge in [-0.15, -0.1) is 5.10 Å². The van der Waals surface area contributed by atoms with Gasteiger partial charge in [0, 0.05) is 10.9 Å². The number of aromatic nitrogens is 2. The highest BCUT2D eigenvalue weighted by atomic mass is 32.1. The van der Waals surface area contributed by atoms with Crippen LogP contribution in [0.4, 0.5) is 4.39 Å². The number of nitrogens with zero attached hydrogens (tertiary/aromatic N) is 2. The minimum absolute atomic E-state index is 0.188. The summed E-state index contributed by atoms with van der Waals surface area (Å²) >= 11 is 1.28. The van der Waals surface area contributed by atoms with Crippen LogP contribution in [0.3, 0.4) is 0 Å². The van der Waals surface area contributed by atoms with Gasteiger partial charge in [0.2, 0.25) is 0 Å². The Hall–Kier alpha value is -1.33. The van der Waals surface area contributed by atoms with Crippen molar-refractivity contribution in [2.24, 2.45) is 0 Å². The maximum absolute atomic E-state index is 14.2. The van der Waals surface area contributed by atoms with Crippen LogP contribution in [0.5, 0.6) is 0 Å². The highest BCUT2D eigenvalue weighted by Crippen LogP contribution is 2.27. The summed E-state index contributed by atoms with van der Waals surface area (Å²) in [5.41, 5.74) is 3.30. The molecule has 1 heterocycles. The minimum Gasteiger partial charge on any atom is -0.305 e. The highest BCUT2D eigenvalue weighted by Gasteiger charge is 2.21. The Morgan fingerprint density at radius 1 is 1.39 bits per heavy atom. The maximum atomic E-state index is 14.2. The van der Waals surface area contributed by atoms with E-state index in [2.05, 4.69) is 14.9 Å². The second-order valence-electron chi connectivity index (χ2n) is 4.30. The van der Waals surface area contributed by atoms with Crippen LogP contribution in [-0.4, -0.2) is 16.1 Å². The lowest BCUT2D eigenvalue weighted by atomic mass is 9.96. The first-order valence-electron chi connectivity index (χ1n) is 5.90. The first-order chi connectivity index (χ1) is 8.63. The van der Waals surface area contributed by atoms with Crippen LogP contribution < -0.4 is 5.32 Å². The molecule has 0 aliphatic rings. The van der Waals surface area contributed by atoms with Crippen LogP contribution in [0.2, 0.25) is 0 Å². The monoisotopic (exact) mass is 265 g/mol. The fraction of sp³-hybridized carbons (Fsp3) is 0.385. The van der Waals surface area contributed by atoms with Crippen molar-refractivity contribution in [3.8, 4) is 0 Å². The maximum Gasteiger partial charge on any atom is 0.128 e. The van der Waals surface area contributed by atoms with Crippen molar-refractivity contribution in [1.29, 1.82) is 0 Å². The van der Waals surface area contributed by atoms with Crippen LogP contribution in [0.25, 0.3) is 0 Å². The average Bonchev–Trinajstić information content (AvgIpc) is 2.79. The normalized spacial score (nSPS) is 12.7. The molecule has 3 nitrogen and oxygen atoms in total. The molecule has 18 heavy (non-hydrogen) atoms. The standard InChI is InChI=1S/C13H16FN3S/c1-4-15-13(11-7-18-17-16-11)12-9(3)5-8(2)6-10(12)14/h5-7,13,15H,4H2,1-3H3. The topological polar surface area (TPSA) is 37.8 Å². The largest absolute Gasteiger partial charge is 0.305 e. The summed E-state index contributed by atoms with van der Waals surface area (Å²) in [5.74, 6) is -0.188. The quantitative estimate of drug-likeness (QED) is 0.923. The Labute approximate surface area is 110 Å². The van der Waals surface area contributed by atoms with Gasteiger partial charge in [0.1, 0.15) is 5.82 Å². The van der Waals surface area contributed by atoms with Gasteiger partial charge in [0.25, 0.3) is 0 Å². The van der Waals surface area contributed by atoms with Gasteiger partial charge < -0.3 is 5.32 Å². The average molecular weight is 265 g/mol. The van der Waals surface area contributed by atoms with Crippen molar-refractivity contribution >= 4 is 11.5 Å². The first-order valence-corrected chi connectivity index (χ1v) is 6.74. The number of rotatable bonds is 4. The fourth-order valence-corrected chi connectivity index (χ4v) is 2.63. The van der Waals surface area contributed by atoms with Gasteiger partial charge >= 0.3 is 0 Å². The molecule has 0 saturated heterocycles. The van der Waals surface area contributed by atoms with E-state index in [0.29, 0.717) is 5.56 Å². The Morgan fingerprint density at radius 3 is 2.72 bits per heavy atom. The van der Waals surface area contributed by atoms with E-state index < -0.39 is 0 Å². The summed E-state index contributed by atoms with van der Waals surface area (Å²) in [6, 6.07) is 3.32. The second-order valence-corrected chi connectivity index (χ2v) is 4.91. The molecule has 2 rings (SSSR count). The third kappa shape index (κ3) is 2.57. The Kier molecular flexibility index (Phi) is 4.04. The van der Waals surface area contributed by atoms with Crippen molar-refractivity contribution in [3.63, 3.8) is 0 Å². The summed E-state index contributed by atoms with van der Waals surface area (Å²) in [5, 5.41) is 9.18. The molecule has 0 bridgehead atoms. The number of benzene rings is 1. The summed E-state index contributed by atoms with van der Waals surface area (Å²) < 4.78 is 18.0. The molecule has 0 fully saturated rings. The Morgan fingerprint density at radius 2 is 2.17 bits per heavy atom. The van der Waals surface area contributed by atoms with E-state index in [0.717, 1.165) is 23.4 Å². The predicted molar refractivity (Wildman–Crippen MR) is 71.3 cm³/mol. The predicted octanol–water partition coefficient (Wildman–Crippen LogP) is 2.99. The van der Waals surface area contributed by atoms with Gasteiger partial charge in [0.05, 0.1) is 11.7 Å². The molecule has 1 N–H and O–H groups in total. The molecule has 0 aliphatic carbocycles. The molecule has 5 heteroatoms. The van der Waals surface area contributed by atoms with Crippen LogP contribution in [0.1, 0.15) is 35.3 Å².